The number of rotatable bonds is 2. The van der Waals surface area contributed by atoms with Crippen LogP contribution in [0.4, 0.5) is 0 Å². The fourth-order valence-corrected chi connectivity index (χ4v) is 2.35. The number of aromatic nitrogens is 5. The van der Waals surface area contributed by atoms with E-state index < -0.39 is 0 Å². The summed E-state index contributed by atoms with van der Waals surface area (Å²) in [5.74, 6) is 0.807. The van der Waals surface area contributed by atoms with Crippen LogP contribution in [0.2, 0.25) is 0 Å². The lowest BCUT2D eigenvalue weighted by Gasteiger charge is -2.07. The van der Waals surface area contributed by atoms with Gasteiger partial charge in [0.2, 0.25) is 0 Å². The van der Waals surface area contributed by atoms with Gasteiger partial charge >= 0.3 is 0 Å². The summed E-state index contributed by atoms with van der Waals surface area (Å²) in [4.78, 5) is 4.45. The van der Waals surface area contributed by atoms with Crippen molar-refractivity contribution in [1.82, 2.24) is 24.8 Å². The van der Waals surface area contributed by atoms with Crippen LogP contribution in [-0.4, -0.2) is 31.9 Å². The summed E-state index contributed by atoms with van der Waals surface area (Å²) in [5.41, 5.74) is 3.27. The molecule has 6 nitrogen and oxygen atoms in total. The third-order valence-corrected chi connectivity index (χ3v) is 3.37. The summed E-state index contributed by atoms with van der Waals surface area (Å²) in [6.07, 6.45) is 3.35. The van der Waals surface area contributed by atoms with E-state index in [1.165, 1.54) is 0 Å². The van der Waals surface area contributed by atoms with E-state index in [1.54, 1.807) is 24.1 Å². The van der Waals surface area contributed by atoms with E-state index in [4.69, 9.17) is 4.74 Å². The number of fused-ring (bicyclic) bond motifs is 3. The maximum Gasteiger partial charge on any atom is 0.186 e. The molecule has 0 unspecified atom stereocenters. The lowest BCUT2D eigenvalue weighted by atomic mass is 10.1. The smallest absolute Gasteiger partial charge is 0.186 e. The SMILES string of the molecule is COc1ccc(-c2nn3cnnc3c3cccnc23)cc1. The zero-order chi connectivity index (χ0) is 14.2. The molecule has 102 valence electrons. The molecule has 3 aromatic heterocycles. The van der Waals surface area contributed by atoms with Gasteiger partial charge in [0.1, 0.15) is 23.3 Å². The second-order valence-corrected chi connectivity index (χ2v) is 4.58. The van der Waals surface area contributed by atoms with Crippen LogP contribution in [-0.2, 0) is 0 Å². The molecule has 0 amide bonds. The number of ether oxygens (including phenoxy) is 1. The van der Waals surface area contributed by atoms with Crippen LogP contribution in [0.1, 0.15) is 0 Å². The van der Waals surface area contributed by atoms with Gasteiger partial charge in [0.15, 0.2) is 5.65 Å². The molecule has 0 spiro atoms. The molecule has 0 N–H and O–H groups in total. The Morgan fingerprint density at radius 3 is 2.76 bits per heavy atom. The van der Waals surface area contributed by atoms with Crippen molar-refractivity contribution in [2.24, 2.45) is 0 Å². The summed E-state index contributed by atoms with van der Waals surface area (Å²) in [6, 6.07) is 11.6. The Morgan fingerprint density at radius 2 is 1.95 bits per heavy atom. The predicted molar refractivity (Wildman–Crippen MR) is 78.1 cm³/mol. The summed E-state index contributed by atoms with van der Waals surface area (Å²) in [6.45, 7) is 0. The Balaban J connectivity index is 2.04. The fourth-order valence-electron chi connectivity index (χ4n) is 2.35. The van der Waals surface area contributed by atoms with Crippen molar-refractivity contribution < 1.29 is 4.74 Å². The Bertz CT molecular complexity index is 930. The largest absolute Gasteiger partial charge is 0.497 e. The first-order valence-corrected chi connectivity index (χ1v) is 6.46. The highest BCUT2D eigenvalue weighted by molar-refractivity contribution is 5.98. The molecule has 0 aliphatic heterocycles. The summed E-state index contributed by atoms with van der Waals surface area (Å²) in [5, 5.41) is 13.5. The van der Waals surface area contributed by atoms with Crippen molar-refractivity contribution in [3.8, 4) is 17.0 Å². The zero-order valence-corrected chi connectivity index (χ0v) is 11.3. The molecular weight excluding hydrogens is 266 g/mol. The maximum atomic E-state index is 5.19. The summed E-state index contributed by atoms with van der Waals surface area (Å²) in [7, 11) is 1.65. The van der Waals surface area contributed by atoms with Gasteiger partial charge < -0.3 is 4.74 Å². The second-order valence-electron chi connectivity index (χ2n) is 4.58. The standard InChI is InChI=1S/C15H11N5O/c1-21-11-6-4-10(5-7-11)13-14-12(3-2-8-16-14)15-18-17-9-20(15)19-13/h2-9H,1H3. The number of nitrogens with zero attached hydrogens (tertiary/aromatic N) is 5. The van der Waals surface area contributed by atoms with Crippen LogP contribution >= 0.6 is 0 Å². The highest BCUT2D eigenvalue weighted by Crippen LogP contribution is 2.27. The van der Waals surface area contributed by atoms with Crippen LogP contribution in [0.15, 0.2) is 48.9 Å². The van der Waals surface area contributed by atoms with Gasteiger partial charge in [-0.15, -0.1) is 10.2 Å². The highest BCUT2D eigenvalue weighted by atomic mass is 16.5. The Kier molecular flexibility index (Phi) is 2.53. The van der Waals surface area contributed by atoms with E-state index >= 15 is 0 Å². The first-order chi connectivity index (χ1) is 10.4. The Labute approximate surface area is 120 Å². The molecule has 0 radical (unpaired) electrons. The average Bonchev–Trinajstić information content (AvgIpc) is 3.03. The molecule has 0 saturated heterocycles. The predicted octanol–water partition coefficient (Wildman–Crippen LogP) is 2.35. The van der Waals surface area contributed by atoms with Crippen LogP contribution in [0.25, 0.3) is 27.8 Å². The van der Waals surface area contributed by atoms with E-state index in [0.29, 0.717) is 5.65 Å². The van der Waals surface area contributed by atoms with Crippen LogP contribution < -0.4 is 4.74 Å². The molecule has 4 aromatic rings. The molecule has 0 aliphatic carbocycles. The summed E-state index contributed by atoms with van der Waals surface area (Å²) >= 11 is 0. The van der Waals surface area contributed by atoms with E-state index in [-0.39, 0.29) is 0 Å². The third kappa shape index (κ3) is 1.80. The van der Waals surface area contributed by atoms with Gasteiger partial charge in [0.25, 0.3) is 0 Å². The molecule has 1 aromatic carbocycles. The molecular formula is C15H11N5O. The normalized spacial score (nSPS) is 11.1. The minimum absolute atomic E-state index is 0.704. The monoisotopic (exact) mass is 277 g/mol. The fraction of sp³-hybridized carbons (Fsp3) is 0.0667. The molecule has 0 fully saturated rings. The lowest BCUT2D eigenvalue weighted by Crippen LogP contribution is -1.97. The van der Waals surface area contributed by atoms with E-state index in [1.807, 2.05) is 36.4 Å². The van der Waals surface area contributed by atoms with Crippen molar-refractivity contribution in [3.63, 3.8) is 0 Å². The van der Waals surface area contributed by atoms with E-state index in [9.17, 15) is 0 Å². The Morgan fingerprint density at radius 1 is 1.10 bits per heavy atom. The summed E-state index contributed by atoms with van der Waals surface area (Å²) < 4.78 is 6.86. The maximum absolute atomic E-state index is 5.19. The van der Waals surface area contributed by atoms with E-state index in [2.05, 4.69) is 20.3 Å². The van der Waals surface area contributed by atoms with Crippen molar-refractivity contribution >= 4 is 16.6 Å². The average molecular weight is 277 g/mol. The van der Waals surface area contributed by atoms with Gasteiger partial charge in [0.05, 0.1) is 7.11 Å². The first-order valence-electron chi connectivity index (χ1n) is 6.46. The van der Waals surface area contributed by atoms with Gasteiger partial charge in [-0.25, -0.2) is 0 Å². The molecule has 0 aliphatic rings. The van der Waals surface area contributed by atoms with Crippen molar-refractivity contribution in [1.29, 1.82) is 0 Å². The van der Waals surface area contributed by atoms with Crippen molar-refractivity contribution in [2.75, 3.05) is 7.11 Å². The lowest BCUT2D eigenvalue weighted by molar-refractivity contribution is 0.415. The van der Waals surface area contributed by atoms with E-state index in [0.717, 1.165) is 27.9 Å². The number of hydrogen-bond acceptors (Lipinski definition) is 5. The van der Waals surface area contributed by atoms with Gasteiger partial charge in [0, 0.05) is 17.1 Å². The molecule has 0 bridgehead atoms. The Hall–Kier alpha value is -3.02. The van der Waals surface area contributed by atoms with Gasteiger partial charge in [-0.2, -0.15) is 9.61 Å². The topological polar surface area (TPSA) is 65.2 Å². The highest BCUT2D eigenvalue weighted by Gasteiger charge is 2.12. The molecule has 0 atom stereocenters. The van der Waals surface area contributed by atoms with Crippen molar-refractivity contribution in [3.05, 3.63) is 48.9 Å². The van der Waals surface area contributed by atoms with Gasteiger partial charge in [-0.05, 0) is 36.4 Å². The molecule has 3 heterocycles. The minimum atomic E-state index is 0.704. The zero-order valence-electron chi connectivity index (χ0n) is 11.3. The van der Waals surface area contributed by atoms with Crippen molar-refractivity contribution in [2.45, 2.75) is 0 Å². The number of benzene rings is 1. The molecule has 0 saturated carbocycles. The number of hydrogen-bond donors (Lipinski definition) is 0. The molecule has 21 heavy (non-hydrogen) atoms. The molecule has 4 rings (SSSR count). The third-order valence-electron chi connectivity index (χ3n) is 3.37. The second kappa shape index (κ2) is 4.52. The van der Waals surface area contributed by atoms with Gasteiger partial charge in [-0.1, -0.05) is 0 Å². The van der Waals surface area contributed by atoms with Crippen LogP contribution in [0.3, 0.4) is 0 Å². The quantitative estimate of drug-likeness (QED) is 0.562. The van der Waals surface area contributed by atoms with Crippen LogP contribution in [0.5, 0.6) is 5.75 Å². The minimum Gasteiger partial charge on any atom is -0.497 e. The van der Waals surface area contributed by atoms with Gasteiger partial charge in [-0.3, -0.25) is 4.98 Å². The van der Waals surface area contributed by atoms with Crippen LogP contribution in [0, 0.1) is 0 Å². The number of pyridine rings is 1. The molecule has 6 heteroatoms. The first kappa shape index (κ1) is 11.8. The number of methoxy groups -OCH3 is 1.